The Bertz CT molecular complexity index is 376. The van der Waals surface area contributed by atoms with Gasteiger partial charge in [0.2, 0.25) is 7.58 Å². The highest BCUT2D eigenvalue weighted by atomic mass is 127. The maximum absolute atomic E-state index is 11.1. The van der Waals surface area contributed by atoms with Crippen LogP contribution >= 0.6 is 56.8 Å². The Morgan fingerprint density at radius 1 is 1.15 bits per heavy atom. The van der Waals surface area contributed by atoms with E-state index in [4.69, 9.17) is 11.6 Å². The minimum Gasteiger partial charge on any atom is -0.282 e. The van der Waals surface area contributed by atoms with Crippen LogP contribution in [0.25, 0.3) is 0 Å². The van der Waals surface area contributed by atoms with Crippen molar-refractivity contribution < 1.29 is 9.59 Å². The summed E-state index contributed by atoms with van der Waals surface area (Å²) in [5.74, 6) is 0. The number of hydrogen-bond donors (Lipinski definition) is 0. The molecule has 0 bridgehead atoms. The van der Waals surface area contributed by atoms with Crippen LogP contribution in [0.5, 0.6) is 0 Å². The van der Waals surface area contributed by atoms with Gasteiger partial charge in [-0.1, -0.05) is 17.7 Å². The fourth-order valence-electron chi connectivity index (χ4n) is 0.888. The van der Waals surface area contributed by atoms with Crippen molar-refractivity contribution in [3.8, 4) is 0 Å². The van der Waals surface area contributed by atoms with Crippen LogP contribution in [0.4, 0.5) is 0 Å². The quantitative estimate of drug-likeness (QED) is 0.542. The number of hydrogen-bond acceptors (Lipinski definition) is 2. The maximum Gasteiger partial charge on any atom is 0.224 e. The Labute approximate surface area is 107 Å². The van der Waals surface area contributed by atoms with Crippen molar-refractivity contribution >= 4 is 64.4 Å². The van der Waals surface area contributed by atoms with Gasteiger partial charge in [0.15, 0.2) is 0 Å². The van der Waals surface area contributed by atoms with Gasteiger partial charge >= 0.3 is 0 Å². The molecule has 68 valence electrons. The summed E-state index contributed by atoms with van der Waals surface area (Å²) in [6, 6.07) is 4.83. The molecule has 0 atom stereocenters. The van der Waals surface area contributed by atoms with Gasteiger partial charge in [-0.15, -0.1) is 0 Å². The maximum atomic E-state index is 11.1. The van der Waals surface area contributed by atoms with Gasteiger partial charge in [0, 0.05) is 50.7 Å². The van der Waals surface area contributed by atoms with Gasteiger partial charge in [-0.3, -0.25) is 9.59 Å². The predicted octanol–water partition coefficient (Wildman–Crippen LogP) is 3.49. The highest BCUT2D eigenvalue weighted by Crippen LogP contribution is 2.24. The van der Waals surface area contributed by atoms with E-state index in [9.17, 15) is 9.59 Å². The lowest BCUT2D eigenvalue weighted by Crippen LogP contribution is -2.00. The van der Waals surface area contributed by atoms with Gasteiger partial charge in [-0.2, -0.15) is 0 Å². The molecule has 0 aromatic heterocycles. The third kappa shape index (κ3) is 2.63. The first-order valence-electron chi connectivity index (χ1n) is 3.22. The zero-order valence-corrected chi connectivity index (χ0v) is 11.3. The Morgan fingerprint density at radius 3 is 2.15 bits per heavy atom. The van der Waals surface area contributed by atoms with Gasteiger partial charge in [0.1, 0.15) is 0 Å². The van der Waals surface area contributed by atoms with Crippen LogP contribution in [-0.2, 0) is 0 Å². The Hall–Kier alpha value is 0.310. The summed E-state index contributed by atoms with van der Waals surface area (Å²) in [6.07, 6.45) is 0. The Kier molecular flexibility index (Phi) is 4.11. The topological polar surface area (TPSA) is 34.1 Å². The molecular weight excluding hydrogens is 417 g/mol. The summed E-state index contributed by atoms with van der Waals surface area (Å²) in [6.45, 7) is 0. The molecule has 0 spiro atoms. The largest absolute Gasteiger partial charge is 0.282 e. The van der Waals surface area contributed by atoms with Gasteiger partial charge in [-0.25, -0.2) is 0 Å². The van der Waals surface area contributed by atoms with E-state index in [1.54, 1.807) is 63.4 Å². The molecule has 1 rings (SSSR count). The van der Waals surface area contributed by atoms with Crippen LogP contribution in [0.2, 0.25) is 5.02 Å². The van der Waals surface area contributed by atoms with Crippen molar-refractivity contribution in [1.29, 1.82) is 0 Å². The average molecular weight is 420 g/mol. The standard InChI is InChI=1S/C8H3ClI2O2/c9-5-3-1-2-4(7(10)12)6(5)8(11)13/h1-3H. The molecule has 0 unspecified atom stereocenters. The molecule has 0 amide bonds. The van der Waals surface area contributed by atoms with E-state index in [-0.39, 0.29) is 7.58 Å². The summed E-state index contributed by atoms with van der Waals surface area (Å²) in [7, 11) is 0. The normalized spacial score (nSPS) is 9.77. The van der Waals surface area contributed by atoms with Crippen LogP contribution in [0, 0.1) is 0 Å². The number of rotatable bonds is 2. The monoisotopic (exact) mass is 420 g/mol. The Morgan fingerprint density at radius 2 is 1.77 bits per heavy atom. The SMILES string of the molecule is O=C(I)c1cccc(Cl)c1C(=O)I. The smallest absolute Gasteiger partial charge is 0.224 e. The minimum atomic E-state index is -0.219. The number of halogens is 3. The third-order valence-electron chi connectivity index (χ3n) is 1.42. The Balaban J connectivity index is 3.43. The van der Waals surface area contributed by atoms with Crippen LogP contribution in [-0.4, -0.2) is 7.58 Å². The van der Waals surface area contributed by atoms with Gasteiger partial charge in [-0.05, 0) is 12.1 Å². The molecule has 0 heterocycles. The molecule has 0 saturated carbocycles. The van der Waals surface area contributed by atoms with Crippen molar-refractivity contribution in [2.45, 2.75) is 0 Å². The number of carbonyl (C=O) groups excluding carboxylic acids is 2. The average Bonchev–Trinajstić information content (AvgIpc) is 2.02. The molecule has 13 heavy (non-hydrogen) atoms. The van der Waals surface area contributed by atoms with Crippen molar-refractivity contribution in [1.82, 2.24) is 0 Å². The second kappa shape index (κ2) is 4.70. The second-order valence-electron chi connectivity index (χ2n) is 2.21. The summed E-state index contributed by atoms with van der Waals surface area (Å²) in [5.41, 5.74) is 0.664. The highest BCUT2D eigenvalue weighted by Gasteiger charge is 2.15. The molecule has 0 aliphatic carbocycles. The van der Waals surface area contributed by atoms with Crippen molar-refractivity contribution in [2.24, 2.45) is 0 Å². The van der Waals surface area contributed by atoms with E-state index >= 15 is 0 Å². The van der Waals surface area contributed by atoms with Gasteiger partial charge < -0.3 is 0 Å². The van der Waals surface area contributed by atoms with Crippen LogP contribution in [0.3, 0.4) is 0 Å². The van der Waals surface area contributed by atoms with Crippen LogP contribution < -0.4 is 0 Å². The molecule has 0 aliphatic heterocycles. The van der Waals surface area contributed by atoms with E-state index in [2.05, 4.69) is 0 Å². The molecule has 0 aliphatic rings. The predicted molar refractivity (Wildman–Crippen MR) is 68.2 cm³/mol. The molecule has 0 N–H and O–H groups in total. The van der Waals surface area contributed by atoms with E-state index < -0.39 is 0 Å². The summed E-state index contributed by atoms with van der Waals surface area (Å²) in [5, 5.41) is 0.321. The van der Waals surface area contributed by atoms with Crippen LogP contribution in [0.15, 0.2) is 18.2 Å². The fourth-order valence-corrected chi connectivity index (χ4v) is 2.34. The van der Waals surface area contributed by atoms with Gasteiger partial charge in [0.25, 0.3) is 0 Å². The van der Waals surface area contributed by atoms with Crippen molar-refractivity contribution in [3.05, 3.63) is 34.3 Å². The second-order valence-corrected chi connectivity index (χ2v) is 4.58. The molecule has 0 fully saturated rings. The zero-order valence-electron chi connectivity index (χ0n) is 6.18. The first kappa shape index (κ1) is 11.4. The molecule has 5 heteroatoms. The molecule has 1 aromatic carbocycles. The van der Waals surface area contributed by atoms with E-state index in [1.807, 2.05) is 0 Å². The lowest BCUT2D eigenvalue weighted by molar-refractivity contribution is 0.107. The van der Waals surface area contributed by atoms with Gasteiger partial charge in [0.05, 0.1) is 10.6 Å². The number of benzene rings is 1. The molecule has 0 saturated heterocycles. The number of carbonyl (C=O) groups is 2. The van der Waals surface area contributed by atoms with E-state index in [1.165, 1.54) is 0 Å². The zero-order chi connectivity index (χ0) is 10.0. The third-order valence-corrected chi connectivity index (χ3v) is 2.86. The van der Waals surface area contributed by atoms with Crippen LogP contribution in [0.1, 0.15) is 20.7 Å². The van der Waals surface area contributed by atoms with E-state index in [0.717, 1.165) is 0 Å². The summed E-state index contributed by atoms with van der Waals surface area (Å²) < 4.78 is -0.400. The summed E-state index contributed by atoms with van der Waals surface area (Å²) >= 11 is 9.03. The molecule has 1 aromatic rings. The first-order chi connectivity index (χ1) is 6.04. The van der Waals surface area contributed by atoms with Crippen molar-refractivity contribution in [2.75, 3.05) is 0 Å². The molecule has 0 radical (unpaired) electrons. The highest BCUT2D eigenvalue weighted by molar-refractivity contribution is 14.1. The van der Waals surface area contributed by atoms with E-state index in [0.29, 0.717) is 16.1 Å². The lowest BCUT2D eigenvalue weighted by Gasteiger charge is -2.02. The summed E-state index contributed by atoms with van der Waals surface area (Å²) in [4.78, 5) is 22.2. The van der Waals surface area contributed by atoms with Crippen molar-refractivity contribution in [3.63, 3.8) is 0 Å². The lowest BCUT2D eigenvalue weighted by atomic mass is 10.1. The molecule has 2 nitrogen and oxygen atoms in total. The molecular formula is C8H3ClI2O2. The fraction of sp³-hybridized carbons (Fsp3) is 0. The minimum absolute atomic E-state index is 0.180. The first-order valence-corrected chi connectivity index (χ1v) is 5.75.